The number of likely N-dealkylation sites (N-methyl/N-ethyl adjacent to an activating group) is 1. The number of hydrogen-bond acceptors (Lipinski definition) is 3. The van der Waals surface area contributed by atoms with Gasteiger partial charge in [-0.05, 0) is 31.7 Å². The van der Waals surface area contributed by atoms with Crippen molar-refractivity contribution in [3.8, 4) is 5.75 Å². The Balaban J connectivity index is 2.83. The fourth-order valence-electron chi connectivity index (χ4n) is 1.57. The summed E-state index contributed by atoms with van der Waals surface area (Å²) in [5.74, 6) is 0.866. The van der Waals surface area contributed by atoms with Crippen LogP contribution < -0.4 is 10.1 Å². The van der Waals surface area contributed by atoms with Crippen molar-refractivity contribution in [3.05, 3.63) is 29.8 Å². The smallest absolute Gasteiger partial charge is 0.118 e. The number of rotatable bonds is 5. The molecule has 0 heterocycles. The maximum Gasteiger partial charge on any atom is 0.118 e. The van der Waals surface area contributed by atoms with Crippen molar-refractivity contribution in [2.75, 3.05) is 21.3 Å². The molecule has 3 heteroatoms. The van der Waals surface area contributed by atoms with E-state index in [2.05, 4.69) is 12.2 Å². The lowest BCUT2D eigenvalue weighted by Crippen LogP contribution is -2.29. The maximum absolute atomic E-state index is 5.46. The maximum atomic E-state index is 5.46. The first-order valence-corrected chi connectivity index (χ1v) is 5.07. The highest BCUT2D eigenvalue weighted by atomic mass is 16.5. The fraction of sp³-hybridized carbons (Fsp3) is 0.500. The lowest BCUT2D eigenvalue weighted by Gasteiger charge is -2.22. The van der Waals surface area contributed by atoms with Crippen LogP contribution >= 0.6 is 0 Å². The molecule has 1 aromatic carbocycles. The number of hydrogen-bond donors (Lipinski definition) is 1. The molecule has 0 aliphatic rings. The van der Waals surface area contributed by atoms with Crippen LogP contribution in [0.5, 0.6) is 5.75 Å². The minimum atomic E-state index is 0.0703. The Labute approximate surface area is 91.4 Å². The third-order valence-corrected chi connectivity index (χ3v) is 2.61. The molecule has 0 fully saturated rings. The second kappa shape index (κ2) is 5.73. The van der Waals surface area contributed by atoms with E-state index in [-0.39, 0.29) is 12.1 Å². The summed E-state index contributed by atoms with van der Waals surface area (Å²) in [7, 11) is 5.32. The van der Waals surface area contributed by atoms with E-state index in [0.717, 1.165) is 11.3 Å². The van der Waals surface area contributed by atoms with E-state index in [4.69, 9.17) is 9.47 Å². The molecule has 0 radical (unpaired) electrons. The second-order valence-electron chi connectivity index (χ2n) is 3.51. The second-order valence-corrected chi connectivity index (χ2v) is 3.51. The Hall–Kier alpha value is -1.06. The summed E-state index contributed by atoms with van der Waals surface area (Å²) in [6.07, 6.45) is 0.0703. The van der Waals surface area contributed by atoms with E-state index in [1.165, 1.54) is 0 Å². The molecular weight excluding hydrogens is 190 g/mol. The van der Waals surface area contributed by atoms with Crippen molar-refractivity contribution in [3.63, 3.8) is 0 Å². The zero-order valence-corrected chi connectivity index (χ0v) is 9.78. The van der Waals surface area contributed by atoms with Crippen LogP contribution in [0.25, 0.3) is 0 Å². The number of ether oxygens (including phenoxy) is 2. The molecule has 0 bridgehead atoms. The van der Waals surface area contributed by atoms with E-state index in [0.29, 0.717) is 0 Å². The number of methoxy groups -OCH3 is 2. The van der Waals surface area contributed by atoms with Crippen molar-refractivity contribution in [2.45, 2.75) is 19.1 Å². The zero-order chi connectivity index (χ0) is 11.3. The van der Waals surface area contributed by atoms with Gasteiger partial charge in [0, 0.05) is 13.2 Å². The van der Waals surface area contributed by atoms with Gasteiger partial charge in [0.15, 0.2) is 0 Å². The average molecular weight is 209 g/mol. The van der Waals surface area contributed by atoms with Gasteiger partial charge in [0.25, 0.3) is 0 Å². The molecule has 0 spiro atoms. The van der Waals surface area contributed by atoms with Gasteiger partial charge >= 0.3 is 0 Å². The predicted molar refractivity (Wildman–Crippen MR) is 61.3 cm³/mol. The van der Waals surface area contributed by atoms with Crippen LogP contribution in [0, 0.1) is 0 Å². The van der Waals surface area contributed by atoms with Crippen molar-refractivity contribution in [2.24, 2.45) is 0 Å². The third-order valence-electron chi connectivity index (χ3n) is 2.61. The van der Waals surface area contributed by atoms with Crippen LogP contribution in [-0.4, -0.2) is 27.3 Å². The van der Waals surface area contributed by atoms with Crippen LogP contribution in [0.2, 0.25) is 0 Å². The molecule has 1 N–H and O–H groups in total. The van der Waals surface area contributed by atoms with Crippen molar-refractivity contribution in [1.29, 1.82) is 0 Å². The van der Waals surface area contributed by atoms with E-state index >= 15 is 0 Å². The van der Waals surface area contributed by atoms with Gasteiger partial charge in [-0.25, -0.2) is 0 Å². The van der Waals surface area contributed by atoms with E-state index < -0.39 is 0 Å². The normalized spacial score (nSPS) is 14.7. The highest BCUT2D eigenvalue weighted by Gasteiger charge is 2.16. The largest absolute Gasteiger partial charge is 0.497 e. The Kier molecular flexibility index (Phi) is 4.59. The van der Waals surface area contributed by atoms with Gasteiger partial charge in [-0.2, -0.15) is 0 Å². The van der Waals surface area contributed by atoms with Gasteiger partial charge < -0.3 is 14.8 Å². The van der Waals surface area contributed by atoms with Crippen molar-refractivity contribution < 1.29 is 9.47 Å². The molecule has 3 nitrogen and oxygen atoms in total. The Morgan fingerprint density at radius 1 is 1.13 bits per heavy atom. The molecule has 0 saturated carbocycles. The summed E-state index contributed by atoms with van der Waals surface area (Å²) in [4.78, 5) is 0. The molecule has 0 saturated heterocycles. The SMILES string of the molecule is CNC(C)C(OC)c1ccc(OC)cc1. The van der Waals surface area contributed by atoms with Crippen molar-refractivity contribution >= 4 is 0 Å². The molecule has 2 atom stereocenters. The highest BCUT2D eigenvalue weighted by molar-refractivity contribution is 5.29. The molecule has 0 aliphatic carbocycles. The number of nitrogens with one attached hydrogen (secondary N) is 1. The molecule has 1 aromatic rings. The predicted octanol–water partition coefficient (Wildman–Crippen LogP) is 1.99. The standard InChI is InChI=1S/C12H19NO2/c1-9(13-2)12(15-4)10-5-7-11(14-3)8-6-10/h5-9,12-13H,1-4H3. The summed E-state index contributed by atoms with van der Waals surface area (Å²) in [5.41, 5.74) is 1.15. The monoisotopic (exact) mass is 209 g/mol. The minimum Gasteiger partial charge on any atom is -0.497 e. The van der Waals surface area contributed by atoms with Crippen LogP contribution in [0.3, 0.4) is 0 Å². The van der Waals surface area contributed by atoms with Crippen LogP contribution in [0.4, 0.5) is 0 Å². The van der Waals surface area contributed by atoms with Gasteiger partial charge in [-0.15, -0.1) is 0 Å². The van der Waals surface area contributed by atoms with E-state index in [1.807, 2.05) is 31.3 Å². The lowest BCUT2D eigenvalue weighted by molar-refractivity contribution is 0.0760. The molecule has 0 aliphatic heterocycles. The van der Waals surface area contributed by atoms with Crippen molar-refractivity contribution in [1.82, 2.24) is 5.32 Å². The quantitative estimate of drug-likeness (QED) is 0.804. The molecule has 2 unspecified atom stereocenters. The van der Waals surface area contributed by atoms with E-state index in [9.17, 15) is 0 Å². The molecule has 0 aromatic heterocycles. The Morgan fingerprint density at radius 3 is 2.13 bits per heavy atom. The fourth-order valence-corrected chi connectivity index (χ4v) is 1.57. The summed E-state index contributed by atoms with van der Waals surface area (Å²) < 4.78 is 10.6. The summed E-state index contributed by atoms with van der Waals surface area (Å²) in [5, 5.41) is 3.19. The first-order chi connectivity index (χ1) is 7.22. The first-order valence-electron chi connectivity index (χ1n) is 5.07. The summed E-state index contributed by atoms with van der Waals surface area (Å²) in [6.45, 7) is 2.10. The average Bonchev–Trinajstić information content (AvgIpc) is 2.30. The van der Waals surface area contributed by atoms with Gasteiger partial charge in [0.05, 0.1) is 13.2 Å². The molecular formula is C12H19NO2. The zero-order valence-electron chi connectivity index (χ0n) is 9.78. The summed E-state index contributed by atoms with van der Waals surface area (Å²) in [6, 6.07) is 8.23. The molecule has 1 rings (SSSR count). The summed E-state index contributed by atoms with van der Waals surface area (Å²) >= 11 is 0. The lowest BCUT2D eigenvalue weighted by atomic mass is 10.0. The third kappa shape index (κ3) is 2.94. The molecule has 15 heavy (non-hydrogen) atoms. The Bertz CT molecular complexity index is 284. The van der Waals surface area contributed by atoms with Gasteiger partial charge in [-0.1, -0.05) is 12.1 Å². The highest BCUT2D eigenvalue weighted by Crippen LogP contribution is 2.22. The van der Waals surface area contributed by atoms with E-state index in [1.54, 1.807) is 14.2 Å². The topological polar surface area (TPSA) is 30.5 Å². The van der Waals surface area contributed by atoms with Gasteiger partial charge in [0.2, 0.25) is 0 Å². The van der Waals surface area contributed by atoms with Crippen LogP contribution in [0.15, 0.2) is 24.3 Å². The first kappa shape index (κ1) is 12.0. The minimum absolute atomic E-state index is 0.0703. The molecule has 0 amide bonds. The van der Waals surface area contributed by atoms with Crippen LogP contribution in [0.1, 0.15) is 18.6 Å². The Morgan fingerprint density at radius 2 is 1.73 bits per heavy atom. The van der Waals surface area contributed by atoms with Crippen LogP contribution in [-0.2, 0) is 4.74 Å². The van der Waals surface area contributed by atoms with Gasteiger partial charge in [-0.3, -0.25) is 0 Å². The molecule has 84 valence electrons. The van der Waals surface area contributed by atoms with Gasteiger partial charge in [0.1, 0.15) is 5.75 Å². The number of benzene rings is 1.